The highest BCUT2D eigenvalue weighted by Crippen LogP contribution is 2.21. The molecule has 0 amide bonds. The lowest BCUT2D eigenvalue weighted by Gasteiger charge is -2.36. The summed E-state index contributed by atoms with van der Waals surface area (Å²) in [4.78, 5) is 13.7. The summed E-state index contributed by atoms with van der Waals surface area (Å²) in [5.74, 6) is 0.276. The molecule has 0 saturated heterocycles. The van der Waals surface area contributed by atoms with Crippen molar-refractivity contribution >= 4 is 28.9 Å². The maximum absolute atomic E-state index is 8.86. The Morgan fingerprint density at radius 3 is 2.71 bits per heavy atom. The molecule has 0 fully saturated rings. The van der Waals surface area contributed by atoms with Crippen molar-refractivity contribution in [1.29, 1.82) is 5.26 Å². The van der Waals surface area contributed by atoms with E-state index >= 15 is 0 Å². The molecule has 1 aliphatic rings. The Hall–Kier alpha value is -2.11. The number of hydrogen-bond acceptors (Lipinski definition) is 7. The standard InChI is InChI=1S/C13H16N6O.BrH/c1-13(2)18-11(15)17-12(16)19(13)20-8-10-5-3-4-9(6-10)7-14;/h3-6H,8H2,1-2H3,(H4,15,16,17,18);1H. The predicted molar refractivity (Wildman–Crippen MR) is 85.4 cm³/mol. The van der Waals surface area contributed by atoms with E-state index in [2.05, 4.69) is 16.1 Å². The average molecular weight is 353 g/mol. The van der Waals surface area contributed by atoms with E-state index in [9.17, 15) is 0 Å². The van der Waals surface area contributed by atoms with E-state index in [0.29, 0.717) is 5.56 Å². The SMILES string of the molecule is Br.CC1(C)N=C(N)N=C(N)N1OCc1cccc(C#N)c1. The molecular weight excluding hydrogens is 336 g/mol. The smallest absolute Gasteiger partial charge is 0.226 e. The van der Waals surface area contributed by atoms with Gasteiger partial charge in [-0.05, 0) is 31.5 Å². The van der Waals surface area contributed by atoms with Crippen LogP contribution in [0.3, 0.4) is 0 Å². The average Bonchev–Trinajstić information content (AvgIpc) is 2.36. The number of aliphatic imine (C=N–C) groups is 2. The largest absolute Gasteiger partial charge is 0.368 e. The number of halogens is 1. The van der Waals surface area contributed by atoms with E-state index in [4.69, 9.17) is 21.6 Å². The summed E-state index contributed by atoms with van der Waals surface area (Å²) in [5.41, 5.74) is 12.1. The lowest BCUT2D eigenvalue weighted by atomic mass is 10.1. The second-order valence-corrected chi connectivity index (χ2v) is 4.81. The number of hydrogen-bond donors (Lipinski definition) is 2. The Bertz CT molecular complexity index is 619. The molecule has 2 rings (SSSR count). The molecule has 0 bridgehead atoms. The van der Waals surface area contributed by atoms with Crippen LogP contribution in [0.15, 0.2) is 34.3 Å². The minimum atomic E-state index is -0.733. The fourth-order valence-corrected chi connectivity index (χ4v) is 1.89. The van der Waals surface area contributed by atoms with Gasteiger partial charge in [-0.1, -0.05) is 12.1 Å². The van der Waals surface area contributed by atoms with Gasteiger partial charge >= 0.3 is 0 Å². The van der Waals surface area contributed by atoms with Crippen molar-refractivity contribution < 1.29 is 4.84 Å². The van der Waals surface area contributed by atoms with Crippen molar-refractivity contribution in [3.8, 4) is 6.07 Å². The van der Waals surface area contributed by atoms with Crippen molar-refractivity contribution in [3.05, 3.63) is 35.4 Å². The van der Waals surface area contributed by atoms with Crippen LogP contribution in [-0.2, 0) is 11.4 Å². The Labute approximate surface area is 133 Å². The lowest BCUT2D eigenvalue weighted by Crippen LogP contribution is -2.53. The molecule has 0 aliphatic carbocycles. The molecule has 0 unspecified atom stereocenters. The first-order valence-corrected chi connectivity index (χ1v) is 6.04. The zero-order valence-corrected chi connectivity index (χ0v) is 13.5. The molecule has 1 aliphatic heterocycles. The van der Waals surface area contributed by atoms with Crippen LogP contribution in [0, 0.1) is 11.3 Å². The van der Waals surface area contributed by atoms with E-state index < -0.39 is 5.66 Å². The van der Waals surface area contributed by atoms with Crippen LogP contribution in [0.4, 0.5) is 0 Å². The Balaban J connectivity index is 0.00000220. The van der Waals surface area contributed by atoms with Gasteiger partial charge in [-0.25, -0.2) is 4.99 Å². The first kappa shape index (κ1) is 16.9. The third-order valence-corrected chi connectivity index (χ3v) is 2.74. The van der Waals surface area contributed by atoms with Crippen molar-refractivity contribution in [1.82, 2.24) is 5.06 Å². The lowest BCUT2D eigenvalue weighted by molar-refractivity contribution is -0.166. The van der Waals surface area contributed by atoms with E-state index in [1.807, 2.05) is 19.9 Å². The number of nitriles is 1. The Morgan fingerprint density at radius 2 is 2.10 bits per heavy atom. The molecule has 0 spiro atoms. The van der Waals surface area contributed by atoms with Crippen LogP contribution in [0.5, 0.6) is 0 Å². The Kier molecular flexibility index (Phi) is 5.29. The Morgan fingerprint density at radius 1 is 1.38 bits per heavy atom. The van der Waals surface area contributed by atoms with Gasteiger partial charge in [0.2, 0.25) is 11.9 Å². The van der Waals surface area contributed by atoms with Crippen LogP contribution >= 0.6 is 17.0 Å². The third kappa shape index (κ3) is 3.93. The van der Waals surface area contributed by atoms with Gasteiger partial charge in [0.15, 0.2) is 5.66 Å². The number of guanidine groups is 2. The number of rotatable bonds is 3. The van der Waals surface area contributed by atoms with E-state index in [0.717, 1.165) is 5.56 Å². The summed E-state index contributed by atoms with van der Waals surface area (Å²) >= 11 is 0. The first-order chi connectivity index (χ1) is 9.42. The van der Waals surface area contributed by atoms with Crippen LogP contribution in [0.25, 0.3) is 0 Å². The van der Waals surface area contributed by atoms with Gasteiger partial charge < -0.3 is 11.5 Å². The summed E-state index contributed by atoms with van der Waals surface area (Å²) < 4.78 is 0. The summed E-state index contributed by atoms with van der Waals surface area (Å²) in [7, 11) is 0. The van der Waals surface area contributed by atoms with Crippen molar-refractivity contribution in [2.75, 3.05) is 0 Å². The molecule has 0 saturated carbocycles. The first-order valence-electron chi connectivity index (χ1n) is 6.04. The number of nitrogens with zero attached hydrogens (tertiary/aromatic N) is 4. The van der Waals surface area contributed by atoms with Crippen molar-refractivity contribution in [2.24, 2.45) is 21.5 Å². The van der Waals surface area contributed by atoms with Gasteiger partial charge in [0.1, 0.15) is 6.61 Å². The van der Waals surface area contributed by atoms with Gasteiger partial charge in [-0.3, -0.25) is 4.84 Å². The zero-order chi connectivity index (χ0) is 14.8. The fraction of sp³-hybridized carbons (Fsp3) is 0.308. The van der Waals surface area contributed by atoms with Crippen molar-refractivity contribution in [2.45, 2.75) is 26.1 Å². The highest BCUT2D eigenvalue weighted by molar-refractivity contribution is 8.93. The van der Waals surface area contributed by atoms with Gasteiger partial charge in [0, 0.05) is 0 Å². The normalized spacial score (nSPS) is 16.3. The molecule has 4 N–H and O–H groups in total. The van der Waals surface area contributed by atoms with Crippen molar-refractivity contribution in [3.63, 3.8) is 0 Å². The van der Waals surface area contributed by atoms with Gasteiger partial charge in [0.25, 0.3) is 0 Å². The topological polar surface area (TPSA) is 113 Å². The van der Waals surface area contributed by atoms with Crippen LogP contribution in [0.2, 0.25) is 0 Å². The molecular formula is C13H17BrN6O. The molecule has 112 valence electrons. The summed E-state index contributed by atoms with van der Waals surface area (Å²) in [6.07, 6.45) is 0. The monoisotopic (exact) mass is 352 g/mol. The van der Waals surface area contributed by atoms with Gasteiger partial charge in [0.05, 0.1) is 11.6 Å². The number of hydroxylamine groups is 2. The quantitative estimate of drug-likeness (QED) is 0.849. The minimum absolute atomic E-state index is 0. The van der Waals surface area contributed by atoms with E-state index in [1.165, 1.54) is 5.06 Å². The molecule has 1 aromatic rings. The molecule has 0 radical (unpaired) electrons. The second-order valence-electron chi connectivity index (χ2n) is 4.81. The van der Waals surface area contributed by atoms with E-state index in [1.54, 1.807) is 18.2 Å². The van der Waals surface area contributed by atoms with Crippen LogP contribution < -0.4 is 11.5 Å². The number of benzene rings is 1. The molecule has 21 heavy (non-hydrogen) atoms. The maximum atomic E-state index is 8.86. The fourth-order valence-electron chi connectivity index (χ4n) is 1.89. The zero-order valence-electron chi connectivity index (χ0n) is 11.8. The molecule has 1 aromatic carbocycles. The predicted octanol–water partition coefficient (Wildman–Crippen LogP) is 1.25. The highest BCUT2D eigenvalue weighted by atomic mass is 79.9. The maximum Gasteiger partial charge on any atom is 0.226 e. The van der Waals surface area contributed by atoms with E-state index in [-0.39, 0.29) is 35.5 Å². The minimum Gasteiger partial charge on any atom is -0.368 e. The number of nitrogens with two attached hydrogens (primary N) is 2. The summed E-state index contributed by atoms with van der Waals surface area (Å²) in [6, 6.07) is 9.22. The summed E-state index contributed by atoms with van der Waals surface area (Å²) in [6.45, 7) is 3.88. The highest BCUT2D eigenvalue weighted by Gasteiger charge is 2.33. The van der Waals surface area contributed by atoms with Crippen LogP contribution in [-0.4, -0.2) is 22.6 Å². The molecule has 8 heteroatoms. The third-order valence-electron chi connectivity index (χ3n) is 2.74. The van der Waals surface area contributed by atoms with Gasteiger partial charge in [-0.2, -0.15) is 15.3 Å². The summed E-state index contributed by atoms with van der Waals surface area (Å²) in [5, 5.41) is 10.3. The molecule has 0 atom stereocenters. The molecule has 0 aromatic heterocycles. The van der Waals surface area contributed by atoms with Crippen LogP contribution in [0.1, 0.15) is 25.0 Å². The second kappa shape index (κ2) is 6.56. The molecule has 7 nitrogen and oxygen atoms in total. The molecule has 1 heterocycles. The van der Waals surface area contributed by atoms with Gasteiger partial charge in [-0.15, -0.1) is 17.0 Å².